The van der Waals surface area contributed by atoms with Crippen molar-refractivity contribution in [2.45, 2.75) is 31.8 Å². The van der Waals surface area contributed by atoms with Crippen LogP contribution < -0.4 is 0 Å². The Kier molecular flexibility index (Phi) is 3.84. The average molecular weight is 245 g/mol. The van der Waals surface area contributed by atoms with E-state index < -0.39 is 5.60 Å². The lowest BCUT2D eigenvalue weighted by molar-refractivity contribution is -0.124. The van der Waals surface area contributed by atoms with Crippen molar-refractivity contribution in [3.05, 3.63) is 0 Å². The van der Waals surface area contributed by atoms with Gasteiger partial charge < -0.3 is 15.1 Å². The first-order valence-electron chi connectivity index (χ1n) is 6.29. The van der Waals surface area contributed by atoms with E-state index in [0.29, 0.717) is 0 Å². The molecule has 0 bridgehead atoms. The van der Waals surface area contributed by atoms with Gasteiger partial charge in [-0.1, -0.05) is 6.92 Å². The first kappa shape index (κ1) is 12.7. The fraction of sp³-hybridized carbons (Fsp3) is 1.00. The first-order valence-corrected chi connectivity index (χ1v) is 7.45. The molecule has 2 saturated heterocycles. The minimum absolute atomic E-state index is 0.126. The van der Waals surface area contributed by atoms with Gasteiger partial charge in [-0.05, 0) is 38.1 Å². The maximum Gasteiger partial charge on any atom is 0.0835 e. The number of aliphatic hydroxyl groups is 2. The van der Waals surface area contributed by atoms with E-state index in [9.17, 15) is 10.2 Å². The number of piperidine rings is 1. The highest BCUT2D eigenvalue weighted by molar-refractivity contribution is 7.99. The quantitative estimate of drug-likeness (QED) is 0.777. The molecule has 2 rings (SSSR count). The highest BCUT2D eigenvalue weighted by Crippen LogP contribution is 2.47. The highest BCUT2D eigenvalue weighted by atomic mass is 32.2. The van der Waals surface area contributed by atoms with Gasteiger partial charge in [0.25, 0.3) is 0 Å². The Hall–Kier alpha value is 0.230. The van der Waals surface area contributed by atoms with Crippen LogP contribution >= 0.6 is 11.8 Å². The van der Waals surface area contributed by atoms with E-state index in [2.05, 4.69) is 11.8 Å². The molecule has 0 aromatic carbocycles. The van der Waals surface area contributed by atoms with Crippen LogP contribution in [0.5, 0.6) is 0 Å². The fourth-order valence-corrected chi connectivity index (χ4v) is 4.54. The van der Waals surface area contributed by atoms with Crippen molar-refractivity contribution >= 4 is 11.8 Å². The lowest BCUT2D eigenvalue weighted by Crippen LogP contribution is -2.59. The monoisotopic (exact) mass is 245 g/mol. The molecule has 2 aliphatic rings. The predicted molar refractivity (Wildman–Crippen MR) is 67.8 cm³/mol. The fourth-order valence-electron chi connectivity index (χ4n) is 3.13. The molecule has 0 saturated carbocycles. The zero-order chi connectivity index (χ0) is 11.6. The molecule has 0 radical (unpaired) electrons. The van der Waals surface area contributed by atoms with E-state index >= 15 is 0 Å². The van der Waals surface area contributed by atoms with E-state index in [4.69, 9.17) is 0 Å². The molecule has 3 nitrogen and oxygen atoms in total. The number of nitrogens with zero attached hydrogens (tertiary/aromatic N) is 1. The molecule has 2 N–H and O–H groups in total. The molecule has 2 fully saturated rings. The van der Waals surface area contributed by atoms with Gasteiger partial charge in [-0.25, -0.2) is 0 Å². The van der Waals surface area contributed by atoms with Crippen LogP contribution in [-0.4, -0.2) is 58.5 Å². The van der Waals surface area contributed by atoms with Gasteiger partial charge in [0.15, 0.2) is 0 Å². The SMILES string of the molecule is CCN1CCCC(CO)(C2(O)CCSC2)C1. The molecule has 2 atom stereocenters. The summed E-state index contributed by atoms with van der Waals surface area (Å²) in [6.45, 7) is 5.27. The summed E-state index contributed by atoms with van der Waals surface area (Å²) in [6, 6.07) is 0. The van der Waals surface area contributed by atoms with E-state index in [1.165, 1.54) is 0 Å². The maximum absolute atomic E-state index is 10.8. The van der Waals surface area contributed by atoms with Gasteiger partial charge in [-0.3, -0.25) is 0 Å². The van der Waals surface area contributed by atoms with Crippen LogP contribution in [0.2, 0.25) is 0 Å². The zero-order valence-corrected chi connectivity index (χ0v) is 10.9. The molecule has 0 aromatic rings. The Morgan fingerprint density at radius 3 is 2.75 bits per heavy atom. The number of hydrogen-bond donors (Lipinski definition) is 2. The second-order valence-electron chi connectivity index (χ2n) is 5.24. The van der Waals surface area contributed by atoms with Gasteiger partial charge in [0.2, 0.25) is 0 Å². The second-order valence-corrected chi connectivity index (χ2v) is 6.35. The van der Waals surface area contributed by atoms with Crippen molar-refractivity contribution in [1.82, 2.24) is 4.90 Å². The van der Waals surface area contributed by atoms with Crippen molar-refractivity contribution < 1.29 is 10.2 Å². The average Bonchev–Trinajstić information content (AvgIpc) is 2.77. The maximum atomic E-state index is 10.8. The number of rotatable bonds is 3. The summed E-state index contributed by atoms with van der Waals surface area (Å²) in [4.78, 5) is 2.36. The van der Waals surface area contributed by atoms with Crippen LogP contribution in [0.25, 0.3) is 0 Å². The Labute approximate surface area is 102 Å². The van der Waals surface area contributed by atoms with Crippen molar-refractivity contribution in [2.24, 2.45) is 5.41 Å². The molecule has 4 heteroatoms. The molecular weight excluding hydrogens is 222 g/mol. The smallest absolute Gasteiger partial charge is 0.0835 e. The van der Waals surface area contributed by atoms with Crippen LogP contribution in [-0.2, 0) is 0 Å². The predicted octanol–water partition coefficient (Wildman–Crippen LogP) is 0.949. The van der Waals surface area contributed by atoms with E-state index in [-0.39, 0.29) is 12.0 Å². The lowest BCUT2D eigenvalue weighted by Gasteiger charge is -2.49. The Morgan fingerprint density at radius 1 is 1.38 bits per heavy atom. The zero-order valence-electron chi connectivity index (χ0n) is 10.1. The molecular formula is C12H23NO2S. The Balaban J connectivity index is 2.17. The normalized spacial score (nSPS) is 41.4. The minimum Gasteiger partial charge on any atom is -0.396 e. The summed E-state index contributed by atoms with van der Waals surface area (Å²) in [5.74, 6) is 1.83. The van der Waals surface area contributed by atoms with Crippen LogP contribution in [0.3, 0.4) is 0 Å². The molecule has 2 aliphatic heterocycles. The van der Waals surface area contributed by atoms with Crippen LogP contribution in [0.1, 0.15) is 26.2 Å². The topological polar surface area (TPSA) is 43.7 Å². The van der Waals surface area contributed by atoms with Crippen LogP contribution in [0, 0.1) is 5.41 Å². The second kappa shape index (κ2) is 4.84. The number of likely N-dealkylation sites (tertiary alicyclic amines) is 1. The van der Waals surface area contributed by atoms with Crippen LogP contribution in [0.15, 0.2) is 0 Å². The highest BCUT2D eigenvalue weighted by Gasteiger charge is 2.53. The molecule has 0 aromatic heterocycles. The van der Waals surface area contributed by atoms with Gasteiger partial charge in [0.1, 0.15) is 0 Å². The van der Waals surface area contributed by atoms with Gasteiger partial charge in [-0.2, -0.15) is 11.8 Å². The molecule has 0 aliphatic carbocycles. The summed E-state index contributed by atoms with van der Waals surface area (Å²) in [5.41, 5.74) is -0.912. The summed E-state index contributed by atoms with van der Waals surface area (Å²) >= 11 is 1.82. The van der Waals surface area contributed by atoms with Gasteiger partial charge >= 0.3 is 0 Å². The third-order valence-electron chi connectivity index (χ3n) is 4.39. The molecule has 0 amide bonds. The van der Waals surface area contributed by atoms with E-state index in [1.54, 1.807) is 0 Å². The molecule has 2 unspecified atom stereocenters. The van der Waals surface area contributed by atoms with Crippen molar-refractivity contribution in [3.63, 3.8) is 0 Å². The summed E-state index contributed by atoms with van der Waals surface area (Å²) in [6.07, 6.45) is 2.91. The standard InChI is InChI=1S/C12H23NO2S/c1-2-13-6-3-4-11(8-13,9-14)12(15)5-7-16-10-12/h14-15H,2-10H2,1H3. The molecule has 0 spiro atoms. The van der Waals surface area contributed by atoms with Crippen molar-refractivity contribution in [2.75, 3.05) is 37.7 Å². The lowest BCUT2D eigenvalue weighted by atomic mass is 9.67. The van der Waals surface area contributed by atoms with E-state index in [0.717, 1.165) is 50.4 Å². The van der Waals surface area contributed by atoms with Gasteiger partial charge in [0, 0.05) is 17.7 Å². The molecule has 16 heavy (non-hydrogen) atoms. The summed E-state index contributed by atoms with van der Waals surface area (Å²) < 4.78 is 0. The first-order chi connectivity index (χ1) is 7.66. The van der Waals surface area contributed by atoms with E-state index in [1.807, 2.05) is 11.8 Å². The Bertz CT molecular complexity index is 243. The number of hydrogen-bond acceptors (Lipinski definition) is 4. The summed E-state index contributed by atoms with van der Waals surface area (Å²) in [5, 5.41) is 20.6. The number of aliphatic hydroxyl groups excluding tert-OH is 1. The summed E-state index contributed by atoms with van der Waals surface area (Å²) in [7, 11) is 0. The third-order valence-corrected chi connectivity index (χ3v) is 5.57. The minimum atomic E-state index is -0.639. The van der Waals surface area contributed by atoms with Crippen molar-refractivity contribution in [3.8, 4) is 0 Å². The van der Waals surface area contributed by atoms with Gasteiger partial charge in [-0.15, -0.1) is 0 Å². The largest absolute Gasteiger partial charge is 0.396 e. The third kappa shape index (κ3) is 2.01. The van der Waals surface area contributed by atoms with Gasteiger partial charge in [0.05, 0.1) is 12.2 Å². The van der Waals surface area contributed by atoms with Crippen molar-refractivity contribution in [1.29, 1.82) is 0 Å². The molecule has 2 heterocycles. The number of thioether (sulfide) groups is 1. The Morgan fingerprint density at radius 2 is 2.19 bits per heavy atom. The van der Waals surface area contributed by atoms with Crippen LogP contribution in [0.4, 0.5) is 0 Å². The molecule has 94 valence electrons.